The second-order valence-corrected chi connectivity index (χ2v) is 9.58. The van der Waals surface area contributed by atoms with Gasteiger partial charge in [-0.2, -0.15) is 5.10 Å². The largest absolute Gasteiger partial charge is 0.352 e. The first-order valence-electron chi connectivity index (χ1n) is 11.2. The van der Waals surface area contributed by atoms with Crippen molar-refractivity contribution in [3.8, 4) is 33.1 Å². The van der Waals surface area contributed by atoms with Crippen LogP contribution in [0.5, 0.6) is 0 Å². The molecule has 0 aliphatic heterocycles. The summed E-state index contributed by atoms with van der Waals surface area (Å²) in [5, 5.41) is 13.2. The molecule has 8 heteroatoms. The predicted octanol–water partition coefficient (Wildman–Crippen LogP) is 5.71. The van der Waals surface area contributed by atoms with Crippen LogP contribution in [0.4, 0.5) is 0 Å². The summed E-state index contributed by atoms with van der Waals surface area (Å²) in [5.41, 5.74) is 7.80. The van der Waals surface area contributed by atoms with Crippen molar-refractivity contribution >= 4 is 33.1 Å². The third-order valence-electron chi connectivity index (χ3n) is 5.92. The Hall–Kier alpha value is -3.88. The lowest BCUT2D eigenvalue weighted by Gasteiger charge is -2.05. The molecule has 3 N–H and O–H groups in total. The summed E-state index contributed by atoms with van der Waals surface area (Å²) in [6, 6.07) is 10.7. The van der Waals surface area contributed by atoms with E-state index in [1.54, 1.807) is 11.3 Å². The van der Waals surface area contributed by atoms with Gasteiger partial charge in [0.1, 0.15) is 5.69 Å². The highest BCUT2D eigenvalue weighted by Crippen LogP contribution is 2.36. The Labute approximate surface area is 200 Å². The van der Waals surface area contributed by atoms with Crippen molar-refractivity contribution in [2.45, 2.75) is 20.4 Å². The summed E-state index contributed by atoms with van der Waals surface area (Å²) >= 11 is 1.78. The number of hydrogen-bond acceptors (Lipinski definition) is 6. The Morgan fingerprint density at radius 1 is 0.941 bits per heavy atom. The number of fused-ring (bicyclic) bond motifs is 2. The molecule has 0 saturated carbocycles. The molecule has 6 heterocycles. The molecule has 168 valence electrons. The summed E-state index contributed by atoms with van der Waals surface area (Å²) in [6.45, 7) is 5.92. The number of rotatable bonds is 6. The number of nitrogens with one attached hydrogen (secondary N) is 3. The van der Waals surface area contributed by atoms with Gasteiger partial charge in [-0.05, 0) is 49.4 Å². The molecule has 6 aromatic rings. The van der Waals surface area contributed by atoms with E-state index in [4.69, 9.17) is 0 Å². The minimum absolute atomic E-state index is 0.783. The van der Waals surface area contributed by atoms with Crippen molar-refractivity contribution in [1.29, 1.82) is 0 Å². The Bertz CT molecular complexity index is 1630. The number of aryl methyl sites for hydroxylation is 1. The van der Waals surface area contributed by atoms with Gasteiger partial charge >= 0.3 is 0 Å². The van der Waals surface area contributed by atoms with Crippen LogP contribution >= 0.6 is 11.3 Å². The average molecular weight is 466 g/mol. The van der Waals surface area contributed by atoms with E-state index < -0.39 is 0 Å². The third kappa shape index (κ3) is 3.67. The van der Waals surface area contributed by atoms with Crippen molar-refractivity contribution < 1.29 is 0 Å². The van der Waals surface area contributed by atoms with Crippen LogP contribution < -0.4 is 5.32 Å². The van der Waals surface area contributed by atoms with Crippen molar-refractivity contribution in [3.05, 3.63) is 71.8 Å². The number of pyridine rings is 3. The van der Waals surface area contributed by atoms with Crippen molar-refractivity contribution in [3.63, 3.8) is 0 Å². The monoisotopic (exact) mass is 465 g/mol. The molecular weight excluding hydrogens is 442 g/mol. The first-order valence-corrected chi connectivity index (χ1v) is 12.0. The fourth-order valence-electron chi connectivity index (χ4n) is 4.23. The number of thiophene rings is 1. The molecule has 0 saturated heterocycles. The second-order valence-electron chi connectivity index (χ2n) is 8.29. The van der Waals surface area contributed by atoms with E-state index in [9.17, 15) is 0 Å². The topological polar surface area (TPSA) is 95.2 Å². The number of H-pyrrole nitrogens is 2. The molecule has 7 nitrogen and oxygen atoms in total. The van der Waals surface area contributed by atoms with Crippen LogP contribution in [-0.4, -0.2) is 36.7 Å². The zero-order valence-electron chi connectivity index (χ0n) is 18.9. The molecule has 0 aliphatic carbocycles. The molecule has 0 atom stereocenters. The molecule has 6 rings (SSSR count). The van der Waals surface area contributed by atoms with E-state index in [1.165, 1.54) is 9.75 Å². The maximum absolute atomic E-state index is 4.65. The van der Waals surface area contributed by atoms with Crippen LogP contribution in [0.3, 0.4) is 0 Å². The Kier molecular flexibility index (Phi) is 5.16. The van der Waals surface area contributed by atoms with Gasteiger partial charge in [0.2, 0.25) is 0 Å². The summed E-state index contributed by atoms with van der Waals surface area (Å²) in [6.07, 6.45) is 9.38. The van der Waals surface area contributed by atoms with Gasteiger partial charge in [-0.15, -0.1) is 11.3 Å². The molecule has 34 heavy (non-hydrogen) atoms. The fourth-order valence-corrected chi connectivity index (χ4v) is 5.12. The molecule has 0 amide bonds. The molecule has 0 radical (unpaired) electrons. The maximum Gasteiger partial charge on any atom is 0.116 e. The first kappa shape index (κ1) is 20.7. The highest BCUT2D eigenvalue weighted by molar-refractivity contribution is 7.15. The van der Waals surface area contributed by atoms with Crippen LogP contribution in [0.25, 0.3) is 54.9 Å². The minimum Gasteiger partial charge on any atom is -0.352 e. The van der Waals surface area contributed by atoms with Gasteiger partial charge in [0.05, 0.1) is 34.8 Å². The van der Waals surface area contributed by atoms with Gasteiger partial charge in [0, 0.05) is 56.8 Å². The van der Waals surface area contributed by atoms with Gasteiger partial charge < -0.3 is 10.3 Å². The number of hydrogen-bond donors (Lipinski definition) is 3. The van der Waals surface area contributed by atoms with Crippen LogP contribution in [-0.2, 0) is 6.54 Å². The molecule has 0 unspecified atom stereocenters. The summed E-state index contributed by atoms with van der Waals surface area (Å²) in [7, 11) is 0. The Balaban J connectivity index is 1.44. The average Bonchev–Trinajstić information content (AvgIpc) is 3.59. The van der Waals surface area contributed by atoms with Gasteiger partial charge in [-0.1, -0.05) is 6.92 Å². The lowest BCUT2D eigenvalue weighted by Crippen LogP contribution is -2.11. The van der Waals surface area contributed by atoms with Crippen molar-refractivity contribution in [2.24, 2.45) is 0 Å². The SMILES string of the molecule is CCNCc1cncc(-c2cc3c(-c4cc5c(-c6ccc(C)s6)cncc5[nH]4)n[nH]c3cn2)c1. The van der Waals surface area contributed by atoms with E-state index >= 15 is 0 Å². The molecule has 0 aromatic carbocycles. The molecule has 6 aromatic heterocycles. The van der Waals surface area contributed by atoms with Gasteiger partial charge in [0.25, 0.3) is 0 Å². The Morgan fingerprint density at radius 3 is 2.71 bits per heavy atom. The van der Waals surface area contributed by atoms with Crippen LogP contribution in [0, 0.1) is 6.92 Å². The molecular formula is C26H23N7S. The van der Waals surface area contributed by atoms with Crippen LogP contribution in [0.1, 0.15) is 17.4 Å². The fraction of sp³-hybridized carbons (Fsp3) is 0.154. The smallest absolute Gasteiger partial charge is 0.116 e. The summed E-state index contributed by atoms with van der Waals surface area (Å²) < 4.78 is 0. The normalized spacial score (nSPS) is 11.6. The van der Waals surface area contributed by atoms with E-state index in [-0.39, 0.29) is 0 Å². The van der Waals surface area contributed by atoms with Crippen LogP contribution in [0.15, 0.2) is 61.3 Å². The number of nitrogens with zero attached hydrogens (tertiary/aromatic N) is 4. The summed E-state index contributed by atoms with van der Waals surface area (Å²) in [5.74, 6) is 0. The lowest BCUT2D eigenvalue weighted by atomic mass is 10.1. The predicted molar refractivity (Wildman–Crippen MR) is 138 cm³/mol. The molecule has 0 bridgehead atoms. The standard InChI is InChI=1S/C26H23N7S/c1-3-27-9-16-6-17(11-28-10-16)21-8-19-24(14-30-21)32-33-26(19)22-7-18-20(12-29-13-23(18)31-22)25-5-4-15(2)34-25/h4-8,10-14,27,31H,3,9H2,1-2H3,(H,32,33). The minimum atomic E-state index is 0.783. The van der Waals surface area contributed by atoms with E-state index in [1.807, 2.05) is 31.0 Å². The molecule has 0 fully saturated rings. The molecule has 0 spiro atoms. The van der Waals surface area contributed by atoms with E-state index in [0.717, 1.165) is 68.7 Å². The second kappa shape index (κ2) is 8.48. The number of aromatic amines is 2. The lowest BCUT2D eigenvalue weighted by molar-refractivity contribution is 0.724. The van der Waals surface area contributed by atoms with Gasteiger partial charge in [-0.3, -0.25) is 20.1 Å². The quantitative estimate of drug-likeness (QED) is 0.293. The van der Waals surface area contributed by atoms with E-state index in [2.05, 4.69) is 79.6 Å². The first-order chi connectivity index (χ1) is 16.7. The zero-order chi connectivity index (χ0) is 23.1. The van der Waals surface area contributed by atoms with Crippen LogP contribution in [0.2, 0.25) is 0 Å². The highest BCUT2D eigenvalue weighted by Gasteiger charge is 2.16. The van der Waals surface area contributed by atoms with Crippen molar-refractivity contribution in [1.82, 2.24) is 35.5 Å². The van der Waals surface area contributed by atoms with Gasteiger partial charge in [0.15, 0.2) is 0 Å². The van der Waals surface area contributed by atoms with Gasteiger partial charge in [-0.25, -0.2) is 0 Å². The Morgan fingerprint density at radius 2 is 1.85 bits per heavy atom. The number of aromatic nitrogens is 6. The zero-order valence-corrected chi connectivity index (χ0v) is 19.7. The highest BCUT2D eigenvalue weighted by atomic mass is 32.1. The third-order valence-corrected chi connectivity index (χ3v) is 6.96. The molecule has 0 aliphatic rings. The maximum atomic E-state index is 4.65. The summed E-state index contributed by atoms with van der Waals surface area (Å²) in [4.78, 5) is 19.5. The van der Waals surface area contributed by atoms with E-state index in [0.29, 0.717) is 0 Å². The van der Waals surface area contributed by atoms with Crippen molar-refractivity contribution in [2.75, 3.05) is 6.54 Å².